The number of alkyl halides is 3. The molecule has 6 nitrogen and oxygen atoms in total. The zero-order valence-electron chi connectivity index (χ0n) is 10.1. The molecular formula is C11H11F3N4O2. The fraction of sp³-hybridized carbons (Fsp3) is 0.364. The summed E-state index contributed by atoms with van der Waals surface area (Å²) in [5.74, 6) is -0.670. The van der Waals surface area contributed by atoms with Gasteiger partial charge in [-0.25, -0.2) is 4.98 Å². The predicted molar refractivity (Wildman–Crippen MR) is 62.7 cm³/mol. The van der Waals surface area contributed by atoms with Crippen molar-refractivity contribution in [1.29, 1.82) is 0 Å². The Hall–Kier alpha value is -2.16. The number of nitrogens with zero attached hydrogens (tertiary/aromatic N) is 1. The first kappa shape index (κ1) is 14.3. The number of amides is 2. The van der Waals surface area contributed by atoms with E-state index in [9.17, 15) is 22.8 Å². The van der Waals surface area contributed by atoms with E-state index in [1.807, 2.05) is 0 Å². The van der Waals surface area contributed by atoms with Gasteiger partial charge in [-0.15, -0.1) is 0 Å². The average molecular weight is 288 g/mol. The van der Waals surface area contributed by atoms with Crippen LogP contribution in [-0.4, -0.2) is 35.9 Å². The third-order valence-electron chi connectivity index (χ3n) is 2.65. The van der Waals surface area contributed by atoms with E-state index in [1.54, 1.807) is 0 Å². The maximum absolute atomic E-state index is 12.3. The third kappa shape index (κ3) is 3.44. The fourth-order valence-corrected chi connectivity index (χ4v) is 1.62. The number of anilines is 1. The minimum absolute atomic E-state index is 0.0172. The van der Waals surface area contributed by atoms with E-state index in [4.69, 9.17) is 0 Å². The summed E-state index contributed by atoms with van der Waals surface area (Å²) in [4.78, 5) is 25.9. The molecule has 0 saturated carbocycles. The lowest BCUT2D eigenvalue weighted by Crippen LogP contribution is -2.56. The van der Waals surface area contributed by atoms with Gasteiger partial charge in [0.15, 0.2) is 0 Å². The molecular weight excluding hydrogens is 277 g/mol. The number of nitrogens with one attached hydrogen (secondary N) is 3. The Morgan fingerprint density at radius 1 is 1.40 bits per heavy atom. The van der Waals surface area contributed by atoms with Crippen molar-refractivity contribution in [2.45, 2.75) is 12.2 Å². The van der Waals surface area contributed by atoms with Crippen LogP contribution in [0.25, 0.3) is 0 Å². The molecule has 1 unspecified atom stereocenters. The smallest absolute Gasteiger partial charge is 0.353 e. The van der Waals surface area contributed by atoms with Crippen molar-refractivity contribution in [3.05, 3.63) is 24.0 Å². The fourth-order valence-electron chi connectivity index (χ4n) is 1.62. The maximum atomic E-state index is 12.3. The molecule has 1 atom stereocenters. The molecule has 1 aromatic rings. The first-order chi connectivity index (χ1) is 9.36. The highest BCUT2D eigenvalue weighted by Crippen LogP contribution is 2.27. The van der Waals surface area contributed by atoms with Crippen LogP contribution in [0.4, 0.5) is 18.9 Å². The van der Waals surface area contributed by atoms with Gasteiger partial charge in [0.25, 0.3) is 0 Å². The van der Waals surface area contributed by atoms with Gasteiger partial charge < -0.3 is 10.6 Å². The minimum atomic E-state index is -4.52. The monoisotopic (exact) mass is 288 g/mol. The van der Waals surface area contributed by atoms with Crippen LogP contribution in [0.5, 0.6) is 0 Å². The number of piperazine rings is 1. The molecule has 108 valence electrons. The van der Waals surface area contributed by atoms with Crippen molar-refractivity contribution in [3.63, 3.8) is 0 Å². The summed E-state index contributed by atoms with van der Waals surface area (Å²) in [6.07, 6.45) is -3.58. The summed E-state index contributed by atoms with van der Waals surface area (Å²) < 4.78 is 36.9. The van der Waals surface area contributed by atoms with Crippen LogP contribution in [0.3, 0.4) is 0 Å². The Labute approximate surface area is 111 Å². The number of aromatic nitrogens is 1. The number of halogens is 3. The van der Waals surface area contributed by atoms with Gasteiger partial charge in [-0.1, -0.05) is 0 Å². The lowest BCUT2D eigenvalue weighted by Gasteiger charge is -2.23. The molecule has 1 aliphatic heterocycles. The van der Waals surface area contributed by atoms with E-state index in [1.165, 1.54) is 0 Å². The largest absolute Gasteiger partial charge is 0.433 e. The molecule has 9 heteroatoms. The highest BCUT2D eigenvalue weighted by molar-refractivity contribution is 5.96. The van der Waals surface area contributed by atoms with Crippen molar-refractivity contribution in [2.75, 3.05) is 18.4 Å². The lowest BCUT2D eigenvalue weighted by atomic mass is 10.2. The zero-order chi connectivity index (χ0) is 14.8. The molecule has 3 N–H and O–H groups in total. The molecule has 2 amide bonds. The van der Waals surface area contributed by atoms with Crippen LogP contribution in [0.15, 0.2) is 18.3 Å². The van der Waals surface area contributed by atoms with Crippen molar-refractivity contribution in [1.82, 2.24) is 15.6 Å². The normalized spacial score (nSPS) is 19.4. The molecule has 2 heterocycles. The molecule has 20 heavy (non-hydrogen) atoms. The van der Waals surface area contributed by atoms with Gasteiger partial charge in [-0.3, -0.25) is 14.9 Å². The maximum Gasteiger partial charge on any atom is 0.433 e. The van der Waals surface area contributed by atoms with Gasteiger partial charge in [0.1, 0.15) is 11.7 Å². The second-order valence-corrected chi connectivity index (χ2v) is 4.16. The number of hydrogen-bond donors (Lipinski definition) is 3. The Morgan fingerprint density at radius 3 is 2.65 bits per heavy atom. The Bertz CT molecular complexity index is 505. The van der Waals surface area contributed by atoms with Crippen LogP contribution in [0.2, 0.25) is 0 Å². The molecule has 1 aliphatic rings. The van der Waals surface area contributed by atoms with Crippen LogP contribution in [0.1, 0.15) is 5.69 Å². The van der Waals surface area contributed by atoms with Gasteiger partial charge in [0.2, 0.25) is 11.8 Å². The van der Waals surface area contributed by atoms with Crippen molar-refractivity contribution in [2.24, 2.45) is 0 Å². The highest BCUT2D eigenvalue weighted by Gasteiger charge is 2.32. The summed E-state index contributed by atoms with van der Waals surface area (Å²) in [5.41, 5.74) is -0.875. The van der Waals surface area contributed by atoms with Crippen LogP contribution < -0.4 is 16.0 Å². The van der Waals surface area contributed by atoms with Gasteiger partial charge in [0.05, 0.1) is 18.4 Å². The first-order valence-corrected chi connectivity index (χ1v) is 5.70. The van der Waals surface area contributed by atoms with Gasteiger partial charge in [-0.05, 0) is 12.1 Å². The SMILES string of the molecule is O=C1CNC(C(=O)Nc2ccc(C(F)(F)F)nc2)CN1. The van der Waals surface area contributed by atoms with Crippen molar-refractivity contribution >= 4 is 17.5 Å². The van der Waals surface area contributed by atoms with E-state index < -0.39 is 23.8 Å². The molecule has 1 saturated heterocycles. The topological polar surface area (TPSA) is 83.1 Å². The van der Waals surface area contributed by atoms with Crippen molar-refractivity contribution in [3.8, 4) is 0 Å². The molecule has 0 aromatic carbocycles. The van der Waals surface area contributed by atoms with E-state index in [-0.39, 0.29) is 24.7 Å². The minimum Gasteiger partial charge on any atom is -0.353 e. The summed E-state index contributed by atoms with van der Waals surface area (Å²) in [6, 6.07) is 1.27. The number of carbonyl (C=O) groups is 2. The Kier molecular flexibility index (Phi) is 3.89. The quantitative estimate of drug-likeness (QED) is 0.722. The second-order valence-electron chi connectivity index (χ2n) is 4.16. The molecule has 0 aliphatic carbocycles. The lowest BCUT2D eigenvalue weighted by molar-refractivity contribution is -0.141. The summed E-state index contributed by atoms with van der Waals surface area (Å²) in [7, 11) is 0. The third-order valence-corrected chi connectivity index (χ3v) is 2.65. The molecule has 2 rings (SSSR count). The number of rotatable bonds is 2. The summed E-state index contributed by atoms with van der Waals surface area (Å²) in [5, 5.41) is 7.62. The van der Waals surface area contributed by atoms with Crippen molar-refractivity contribution < 1.29 is 22.8 Å². The molecule has 0 bridgehead atoms. The molecule has 1 aromatic heterocycles. The zero-order valence-corrected chi connectivity index (χ0v) is 10.1. The Morgan fingerprint density at radius 2 is 2.15 bits per heavy atom. The summed E-state index contributed by atoms with van der Waals surface area (Å²) >= 11 is 0. The standard InChI is InChI=1S/C11H11F3N4O2/c12-11(13,14)8-2-1-6(3-16-8)18-10(20)7-4-17-9(19)5-15-7/h1-3,7,15H,4-5H2,(H,17,19)(H,18,20). The summed E-state index contributed by atoms with van der Waals surface area (Å²) in [6.45, 7) is 0.141. The van der Waals surface area contributed by atoms with E-state index in [0.29, 0.717) is 0 Å². The highest BCUT2D eigenvalue weighted by atomic mass is 19.4. The molecule has 1 fully saturated rings. The van der Waals surface area contributed by atoms with E-state index in [2.05, 4.69) is 20.9 Å². The van der Waals surface area contributed by atoms with Gasteiger partial charge >= 0.3 is 6.18 Å². The van der Waals surface area contributed by atoms with E-state index >= 15 is 0 Å². The first-order valence-electron chi connectivity index (χ1n) is 5.70. The molecule has 0 radical (unpaired) electrons. The molecule has 0 spiro atoms. The number of pyridine rings is 1. The van der Waals surface area contributed by atoms with Crippen LogP contribution in [-0.2, 0) is 15.8 Å². The number of carbonyl (C=O) groups excluding carboxylic acids is 2. The van der Waals surface area contributed by atoms with Crippen LogP contribution >= 0.6 is 0 Å². The predicted octanol–water partition coefficient (Wildman–Crippen LogP) is 0.127. The second kappa shape index (κ2) is 5.45. The number of hydrogen-bond acceptors (Lipinski definition) is 4. The van der Waals surface area contributed by atoms with E-state index in [0.717, 1.165) is 18.3 Å². The van der Waals surface area contributed by atoms with Gasteiger partial charge in [0, 0.05) is 6.54 Å². The van der Waals surface area contributed by atoms with Gasteiger partial charge in [-0.2, -0.15) is 13.2 Å². The Balaban J connectivity index is 1.96. The average Bonchev–Trinajstić information content (AvgIpc) is 2.39. The van der Waals surface area contributed by atoms with Crippen LogP contribution in [0, 0.1) is 0 Å².